The Labute approximate surface area is 95.0 Å². The highest BCUT2D eigenvalue weighted by atomic mass is 19.1. The molecule has 0 amide bonds. The third-order valence-electron chi connectivity index (χ3n) is 3.76. The van der Waals surface area contributed by atoms with E-state index in [-0.39, 0.29) is 11.2 Å². The van der Waals surface area contributed by atoms with E-state index in [1.54, 1.807) is 11.0 Å². The zero-order chi connectivity index (χ0) is 11.2. The van der Waals surface area contributed by atoms with Gasteiger partial charge in [0.15, 0.2) is 0 Å². The van der Waals surface area contributed by atoms with E-state index in [9.17, 15) is 4.39 Å². The molecule has 3 heteroatoms. The van der Waals surface area contributed by atoms with Crippen molar-refractivity contribution in [1.82, 2.24) is 4.90 Å². The van der Waals surface area contributed by atoms with E-state index in [2.05, 4.69) is 0 Å². The largest absolute Gasteiger partial charge is 0.492 e. The Kier molecular flexibility index (Phi) is 2.18. The maximum Gasteiger partial charge on any atom is 0.130 e. The van der Waals surface area contributed by atoms with Gasteiger partial charge >= 0.3 is 0 Å². The molecule has 2 heterocycles. The van der Waals surface area contributed by atoms with E-state index in [1.165, 1.54) is 6.07 Å². The molecular formula is C13H14FNO. The molecule has 84 valence electrons. The monoisotopic (exact) mass is 219 g/mol. The maximum absolute atomic E-state index is 13.9. The lowest BCUT2D eigenvalue weighted by Gasteiger charge is -2.36. The van der Waals surface area contributed by atoms with Gasteiger partial charge in [-0.05, 0) is 38.1 Å². The Morgan fingerprint density at radius 2 is 2.06 bits per heavy atom. The first-order chi connectivity index (χ1) is 7.71. The number of fused-ring (bicyclic) bond motifs is 2. The van der Waals surface area contributed by atoms with Gasteiger partial charge in [0.1, 0.15) is 11.6 Å². The molecule has 1 saturated heterocycles. The van der Waals surface area contributed by atoms with Gasteiger partial charge in [0.25, 0.3) is 0 Å². The summed E-state index contributed by atoms with van der Waals surface area (Å²) in [5, 5.41) is 0. The lowest BCUT2D eigenvalue weighted by Crippen LogP contribution is -2.41. The molecule has 2 nitrogen and oxygen atoms in total. The number of rotatable bonds is 0. The van der Waals surface area contributed by atoms with Crippen LogP contribution in [0.3, 0.4) is 0 Å². The Hall–Kier alpha value is -1.09. The second-order valence-electron chi connectivity index (χ2n) is 4.72. The number of ether oxygens (including phenoxy) is 1. The van der Waals surface area contributed by atoms with Crippen LogP contribution in [0.25, 0.3) is 0 Å². The standard InChI is InChI=1S/C13H14FNO/c1-15-7-5-13(6-8-15)9-16-11-4-2-3-10(14)12(11)13/h1-4H,5-9H2. The molecule has 0 N–H and O–H groups in total. The van der Waals surface area contributed by atoms with Gasteiger partial charge in [-0.1, -0.05) is 6.07 Å². The van der Waals surface area contributed by atoms with Crippen molar-refractivity contribution in [2.45, 2.75) is 18.3 Å². The maximum atomic E-state index is 13.9. The predicted molar refractivity (Wildman–Crippen MR) is 58.7 cm³/mol. The summed E-state index contributed by atoms with van der Waals surface area (Å²) in [6.07, 6.45) is 1.74. The molecule has 0 aliphatic carbocycles. The van der Waals surface area contributed by atoms with E-state index in [1.807, 2.05) is 6.07 Å². The number of piperidine rings is 1. The molecule has 0 unspecified atom stereocenters. The summed E-state index contributed by atoms with van der Waals surface area (Å²) in [4.78, 5) is 1.80. The van der Waals surface area contributed by atoms with Gasteiger partial charge in [-0.3, -0.25) is 4.90 Å². The topological polar surface area (TPSA) is 12.5 Å². The summed E-state index contributed by atoms with van der Waals surface area (Å²) in [6.45, 7) is 2.20. The smallest absolute Gasteiger partial charge is 0.130 e. The van der Waals surface area contributed by atoms with Gasteiger partial charge in [-0.15, -0.1) is 0 Å². The van der Waals surface area contributed by atoms with Crippen LogP contribution in [0.15, 0.2) is 18.2 Å². The third-order valence-corrected chi connectivity index (χ3v) is 3.76. The molecule has 2 aliphatic heterocycles. The molecule has 1 aromatic rings. The van der Waals surface area contributed by atoms with E-state index in [0.29, 0.717) is 12.4 Å². The Balaban J connectivity index is 2.02. The summed E-state index contributed by atoms with van der Waals surface area (Å²) < 4.78 is 19.5. The van der Waals surface area contributed by atoms with Crippen molar-refractivity contribution in [1.29, 1.82) is 0 Å². The second-order valence-corrected chi connectivity index (χ2v) is 4.72. The number of benzene rings is 1. The first-order valence-corrected chi connectivity index (χ1v) is 5.63. The zero-order valence-electron chi connectivity index (χ0n) is 9.08. The molecule has 2 radical (unpaired) electrons. The molecule has 1 fully saturated rings. The van der Waals surface area contributed by atoms with Crippen LogP contribution < -0.4 is 4.74 Å². The molecule has 0 aromatic heterocycles. The van der Waals surface area contributed by atoms with Crippen molar-refractivity contribution in [3.63, 3.8) is 0 Å². The Morgan fingerprint density at radius 1 is 1.31 bits per heavy atom. The third kappa shape index (κ3) is 1.34. The molecule has 0 saturated carbocycles. The van der Waals surface area contributed by atoms with Crippen LogP contribution in [0.2, 0.25) is 0 Å². The van der Waals surface area contributed by atoms with Gasteiger partial charge in [0.2, 0.25) is 0 Å². The summed E-state index contributed by atoms with van der Waals surface area (Å²) in [6, 6.07) is 5.07. The first kappa shape index (κ1) is 10.1. The van der Waals surface area contributed by atoms with Crippen LogP contribution in [-0.4, -0.2) is 24.6 Å². The number of halogens is 1. The van der Waals surface area contributed by atoms with Crippen molar-refractivity contribution < 1.29 is 9.13 Å². The molecular weight excluding hydrogens is 205 g/mol. The molecule has 3 rings (SSSR count). The molecule has 16 heavy (non-hydrogen) atoms. The van der Waals surface area contributed by atoms with Gasteiger partial charge < -0.3 is 4.74 Å². The normalized spacial score (nSPS) is 23.1. The van der Waals surface area contributed by atoms with Gasteiger partial charge in [0, 0.05) is 18.0 Å². The lowest BCUT2D eigenvalue weighted by molar-refractivity contribution is 0.164. The van der Waals surface area contributed by atoms with Crippen molar-refractivity contribution in [2.75, 3.05) is 19.7 Å². The fraction of sp³-hybridized carbons (Fsp3) is 0.462. The first-order valence-electron chi connectivity index (χ1n) is 5.63. The van der Waals surface area contributed by atoms with Crippen LogP contribution in [-0.2, 0) is 5.41 Å². The lowest BCUT2D eigenvalue weighted by atomic mass is 9.74. The fourth-order valence-corrected chi connectivity index (χ4v) is 2.77. The van der Waals surface area contributed by atoms with Crippen LogP contribution in [0.5, 0.6) is 5.75 Å². The minimum atomic E-state index is -0.142. The average molecular weight is 219 g/mol. The minimum Gasteiger partial charge on any atom is -0.492 e. The predicted octanol–water partition coefficient (Wildman–Crippen LogP) is 2.22. The molecule has 1 spiro atoms. The van der Waals surface area contributed by atoms with Gasteiger partial charge in [0.05, 0.1) is 6.61 Å². The van der Waals surface area contributed by atoms with Crippen LogP contribution in [0, 0.1) is 12.9 Å². The number of likely N-dealkylation sites (tertiary alicyclic amines) is 1. The van der Waals surface area contributed by atoms with E-state index in [0.717, 1.165) is 31.5 Å². The summed E-state index contributed by atoms with van der Waals surface area (Å²) in [5.74, 6) is 0.575. The van der Waals surface area contributed by atoms with Crippen LogP contribution in [0.4, 0.5) is 4.39 Å². The van der Waals surface area contributed by atoms with Crippen molar-refractivity contribution >= 4 is 0 Å². The van der Waals surface area contributed by atoms with Gasteiger partial charge in [-0.25, -0.2) is 4.39 Å². The van der Waals surface area contributed by atoms with Crippen molar-refractivity contribution in [2.24, 2.45) is 0 Å². The molecule has 0 atom stereocenters. The van der Waals surface area contributed by atoms with E-state index < -0.39 is 0 Å². The highest BCUT2D eigenvalue weighted by molar-refractivity contribution is 5.45. The zero-order valence-corrected chi connectivity index (χ0v) is 9.08. The van der Waals surface area contributed by atoms with Crippen molar-refractivity contribution in [3.8, 4) is 5.75 Å². The second kappa shape index (κ2) is 3.45. The van der Waals surface area contributed by atoms with Crippen LogP contribution >= 0.6 is 0 Å². The molecule has 2 aliphatic rings. The highest BCUT2D eigenvalue weighted by Gasteiger charge is 2.44. The molecule has 0 bridgehead atoms. The Bertz CT molecular complexity index is 410. The fourth-order valence-electron chi connectivity index (χ4n) is 2.77. The van der Waals surface area contributed by atoms with Gasteiger partial charge in [-0.2, -0.15) is 0 Å². The Morgan fingerprint density at radius 3 is 2.81 bits per heavy atom. The number of nitrogens with zero attached hydrogens (tertiary/aromatic N) is 1. The van der Waals surface area contributed by atoms with Crippen LogP contribution in [0.1, 0.15) is 18.4 Å². The van der Waals surface area contributed by atoms with E-state index in [4.69, 9.17) is 11.8 Å². The quantitative estimate of drug-likeness (QED) is 0.663. The number of hydrogen-bond donors (Lipinski definition) is 0. The SMILES string of the molecule is [CH]N1CCC2(CC1)COc1cccc(F)c12. The average Bonchev–Trinajstić information content (AvgIpc) is 2.64. The summed E-state index contributed by atoms with van der Waals surface area (Å²) in [5.41, 5.74) is 0.624. The highest BCUT2D eigenvalue weighted by Crippen LogP contribution is 2.46. The van der Waals surface area contributed by atoms with E-state index >= 15 is 0 Å². The van der Waals surface area contributed by atoms with Crippen molar-refractivity contribution in [3.05, 3.63) is 36.6 Å². The minimum absolute atomic E-state index is 0.138. The number of hydrogen-bond acceptors (Lipinski definition) is 2. The summed E-state index contributed by atoms with van der Waals surface area (Å²) in [7, 11) is 5.74. The molecule has 1 aromatic carbocycles. The summed E-state index contributed by atoms with van der Waals surface area (Å²) >= 11 is 0.